The topological polar surface area (TPSA) is 32.8 Å². The number of hydrogen-bond acceptors (Lipinski definition) is 4. The summed E-state index contributed by atoms with van der Waals surface area (Å²) in [5.41, 5.74) is 4.20. The molecule has 1 aromatic carbocycles. The monoisotopic (exact) mass is 426 g/mol. The van der Waals surface area contributed by atoms with Gasteiger partial charge >= 0.3 is 5.97 Å². The van der Waals surface area contributed by atoms with Crippen molar-refractivity contribution in [3.63, 3.8) is 0 Å². The highest BCUT2D eigenvalue weighted by molar-refractivity contribution is 6.30. The summed E-state index contributed by atoms with van der Waals surface area (Å²) in [6.07, 6.45) is 8.07. The van der Waals surface area contributed by atoms with Crippen LogP contribution in [0.1, 0.15) is 33.1 Å². The second kappa shape index (κ2) is 7.72. The molecule has 0 radical (unpaired) electrons. The highest BCUT2D eigenvalue weighted by Gasteiger charge is 2.51. The van der Waals surface area contributed by atoms with Gasteiger partial charge in [-0.05, 0) is 55.4 Å². The fourth-order valence-electron chi connectivity index (χ4n) is 5.98. The molecular formula is C25H31ClN2O2. The number of fused-ring (bicyclic) bond motifs is 2. The van der Waals surface area contributed by atoms with Crippen LogP contribution in [0.2, 0.25) is 5.02 Å². The van der Waals surface area contributed by atoms with Crippen molar-refractivity contribution in [3.8, 4) is 0 Å². The van der Waals surface area contributed by atoms with Crippen molar-refractivity contribution in [2.45, 2.75) is 39.2 Å². The molecule has 0 aromatic heterocycles. The van der Waals surface area contributed by atoms with E-state index in [0.717, 1.165) is 57.0 Å². The predicted octanol–water partition coefficient (Wildman–Crippen LogP) is 4.70. The molecule has 2 heterocycles. The SMILES string of the molecule is CC1=CCC[C@]2(C)C[C@H]3OC(=O)[C@H](CN4CCN(c5cccc(Cl)c5)CC4)[C@H]3C=C12. The van der Waals surface area contributed by atoms with Gasteiger partial charge in [-0.25, -0.2) is 0 Å². The van der Waals surface area contributed by atoms with Crippen LogP contribution in [0.15, 0.2) is 47.6 Å². The molecule has 0 amide bonds. The molecule has 4 nitrogen and oxygen atoms in total. The van der Waals surface area contributed by atoms with Crippen LogP contribution >= 0.6 is 11.6 Å². The van der Waals surface area contributed by atoms with E-state index in [1.54, 1.807) is 0 Å². The van der Waals surface area contributed by atoms with Gasteiger partial charge in [0.1, 0.15) is 6.10 Å². The third-order valence-electron chi connectivity index (χ3n) is 7.70. The zero-order valence-corrected chi connectivity index (χ0v) is 18.7. The van der Waals surface area contributed by atoms with E-state index in [4.69, 9.17) is 16.3 Å². The van der Waals surface area contributed by atoms with E-state index in [0.29, 0.717) is 0 Å². The molecule has 0 saturated carbocycles. The van der Waals surface area contributed by atoms with Crippen molar-refractivity contribution in [3.05, 3.63) is 52.6 Å². The van der Waals surface area contributed by atoms with Crippen molar-refractivity contribution >= 4 is 23.3 Å². The first kappa shape index (κ1) is 20.1. The number of anilines is 1. The minimum absolute atomic E-state index is 0.00278. The number of hydrogen-bond donors (Lipinski definition) is 0. The Balaban J connectivity index is 1.27. The zero-order chi connectivity index (χ0) is 20.9. The van der Waals surface area contributed by atoms with Crippen LogP contribution in [-0.2, 0) is 9.53 Å². The number of ether oxygens (including phenoxy) is 1. The average molecular weight is 427 g/mol. The first-order chi connectivity index (χ1) is 14.4. The largest absolute Gasteiger partial charge is 0.461 e. The van der Waals surface area contributed by atoms with Crippen molar-refractivity contribution < 1.29 is 9.53 Å². The summed E-state index contributed by atoms with van der Waals surface area (Å²) < 4.78 is 5.92. The Kier molecular flexibility index (Phi) is 5.19. The van der Waals surface area contributed by atoms with E-state index in [9.17, 15) is 4.79 Å². The summed E-state index contributed by atoms with van der Waals surface area (Å²) in [7, 11) is 0. The molecule has 2 saturated heterocycles. The van der Waals surface area contributed by atoms with Crippen LogP contribution < -0.4 is 4.90 Å². The highest BCUT2D eigenvalue weighted by Crippen LogP contribution is 2.52. The fourth-order valence-corrected chi connectivity index (χ4v) is 6.16. The number of piperazine rings is 1. The maximum Gasteiger partial charge on any atom is 0.311 e. The Bertz CT molecular complexity index is 902. The molecule has 5 heteroatoms. The lowest BCUT2D eigenvalue weighted by Gasteiger charge is -2.43. The number of allylic oxidation sites excluding steroid dienone is 3. The van der Waals surface area contributed by atoms with Gasteiger partial charge in [-0.2, -0.15) is 0 Å². The van der Waals surface area contributed by atoms with Gasteiger partial charge in [0.25, 0.3) is 0 Å². The zero-order valence-electron chi connectivity index (χ0n) is 17.9. The van der Waals surface area contributed by atoms with Crippen molar-refractivity contribution in [1.82, 2.24) is 4.90 Å². The number of carbonyl (C=O) groups is 1. The van der Waals surface area contributed by atoms with Gasteiger partial charge in [0.2, 0.25) is 0 Å². The Labute approximate surface area is 184 Å². The molecule has 0 N–H and O–H groups in total. The van der Waals surface area contributed by atoms with Crippen molar-refractivity contribution in [2.24, 2.45) is 17.3 Å². The minimum Gasteiger partial charge on any atom is -0.461 e. The molecule has 30 heavy (non-hydrogen) atoms. The number of carbonyl (C=O) groups excluding carboxylic acids is 1. The van der Waals surface area contributed by atoms with Crippen LogP contribution in [0, 0.1) is 17.3 Å². The molecule has 4 atom stereocenters. The van der Waals surface area contributed by atoms with Crippen LogP contribution in [0.5, 0.6) is 0 Å². The van der Waals surface area contributed by atoms with E-state index in [1.807, 2.05) is 18.2 Å². The molecule has 160 valence electrons. The van der Waals surface area contributed by atoms with Crippen LogP contribution in [-0.4, -0.2) is 49.7 Å². The first-order valence-electron chi connectivity index (χ1n) is 11.3. The molecule has 4 aliphatic rings. The lowest BCUT2D eigenvalue weighted by Crippen LogP contribution is -2.49. The Morgan fingerprint density at radius 3 is 2.80 bits per heavy atom. The standard InChI is InChI=1S/C25H31ClN2O2/c1-17-5-4-8-25(2)15-23-20(14-22(17)25)21(24(29)30-23)16-27-9-11-28(12-10-27)19-7-3-6-18(26)13-19/h3,5-7,13-14,20-21,23H,4,8-12,15-16H2,1-2H3/t20-,21-,23-,25-/m1/s1. The molecule has 0 bridgehead atoms. The number of benzene rings is 1. The maximum absolute atomic E-state index is 12.8. The van der Waals surface area contributed by atoms with E-state index in [-0.39, 0.29) is 29.3 Å². The molecule has 2 aliphatic heterocycles. The van der Waals surface area contributed by atoms with Gasteiger partial charge in [-0.3, -0.25) is 9.69 Å². The lowest BCUT2D eigenvalue weighted by molar-refractivity contribution is -0.145. The lowest BCUT2D eigenvalue weighted by atomic mass is 9.62. The summed E-state index contributed by atoms with van der Waals surface area (Å²) in [6, 6.07) is 8.06. The Hall–Kier alpha value is -1.78. The van der Waals surface area contributed by atoms with Gasteiger partial charge in [0, 0.05) is 49.4 Å². The summed E-state index contributed by atoms with van der Waals surface area (Å²) in [4.78, 5) is 17.6. The van der Waals surface area contributed by atoms with Gasteiger partial charge in [0.05, 0.1) is 5.92 Å². The third kappa shape index (κ3) is 3.58. The molecule has 2 fully saturated rings. The van der Waals surface area contributed by atoms with Gasteiger partial charge < -0.3 is 9.64 Å². The molecule has 1 aromatic rings. The fraction of sp³-hybridized carbons (Fsp3) is 0.560. The smallest absolute Gasteiger partial charge is 0.311 e. The molecular weight excluding hydrogens is 396 g/mol. The summed E-state index contributed by atoms with van der Waals surface area (Å²) in [6.45, 7) is 9.20. The van der Waals surface area contributed by atoms with E-state index >= 15 is 0 Å². The number of rotatable bonds is 3. The second-order valence-electron chi connectivity index (χ2n) is 9.70. The van der Waals surface area contributed by atoms with Crippen LogP contribution in [0.25, 0.3) is 0 Å². The summed E-state index contributed by atoms with van der Waals surface area (Å²) >= 11 is 6.16. The number of esters is 1. The molecule has 0 unspecified atom stereocenters. The van der Waals surface area contributed by atoms with Gasteiger partial charge in [-0.1, -0.05) is 42.3 Å². The summed E-state index contributed by atoms with van der Waals surface area (Å²) in [5, 5.41) is 0.777. The first-order valence-corrected chi connectivity index (χ1v) is 11.6. The molecule has 5 rings (SSSR count). The maximum atomic E-state index is 12.8. The molecule has 0 spiro atoms. The Morgan fingerprint density at radius 1 is 1.23 bits per heavy atom. The predicted molar refractivity (Wildman–Crippen MR) is 121 cm³/mol. The van der Waals surface area contributed by atoms with Crippen LogP contribution in [0.4, 0.5) is 5.69 Å². The third-order valence-corrected chi connectivity index (χ3v) is 7.93. The van der Waals surface area contributed by atoms with Crippen molar-refractivity contribution in [2.75, 3.05) is 37.6 Å². The normalized spacial score (nSPS) is 34.0. The van der Waals surface area contributed by atoms with E-state index in [1.165, 1.54) is 16.8 Å². The quantitative estimate of drug-likeness (QED) is 0.656. The van der Waals surface area contributed by atoms with Gasteiger partial charge in [-0.15, -0.1) is 0 Å². The van der Waals surface area contributed by atoms with Crippen molar-refractivity contribution in [1.29, 1.82) is 0 Å². The van der Waals surface area contributed by atoms with E-state index < -0.39 is 0 Å². The number of halogens is 1. The second-order valence-corrected chi connectivity index (χ2v) is 10.1. The average Bonchev–Trinajstić information content (AvgIpc) is 3.01. The van der Waals surface area contributed by atoms with E-state index in [2.05, 4.69) is 41.9 Å². The highest BCUT2D eigenvalue weighted by atomic mass is 35.5. The minimum atomic E-state index is -0.0421. The van der Waals surface area contributed by atoms with Crippen LogP contribution in [0.3, 0.4) is 0 Å². The summed E-state index contributed by atoms with van der Waals surface area (Å²) in [5.74, 6) is 0.176. The Morgan fingerprint density at radius 2 is 2.03 bits per heavy atom. The molecule has 2 aliphatic carbocycles. The van der Waals surface area contributed by atoms with Gasteiger partial charge in [0.15, 0.2) is 0 Å². The number of nitrogens with zero attached hydrogens (tertiary/aromatic N) is 2.